The van der Waals surface area contributed by atoms with Gasteiger partial charge in [-0.3, -0.25) is 0 Å². The minimum atomic E-state index is -2.33. The second-order valence-electron chi connectivity index (χ2n) is 3.64. The maximum absolute atomic E-state index is 12.3. The topological polar surface area (TPSA) is 20.3 Å². The fourth-order valence-electron chi connectivity index (χ4n) is 1.83. The molecule has 1 heterocycles. The van der Waals surface area contributed by atoms with Gasteiger partial charge in [0.05, 0.1) is 0 Å². The predicted octanol–water partition coefficient (Wildman–Crippen LogP) is 1.43. The summed E-state index contributed by atoms with van der Waals surface area (Å²) in [6.07, 6.45) is 1.98. The Balaban J connectivity index is 2.24. The van der Waals surface area contributed by atoms with E-state index in [1.165, 1.54) is 0 Å². The molecule has 3 rings (SSSR count). The molecule has 2 nitrogen and oxygen atoms in total. The number of nitrogens with zero attached hydrogens (tertiary/aromatic N) is 1. The van der Waals surface area contributed by atoms with Gasteiger partial charge in [0, 0.05) is 0 Å². The van der Waals surface area contributed by atoms with Crippen LogP contribution in [0.3, 0.4) is 0 Å². The molecule has 1 aliphatic heterocycles. The van der Waals surface area contributed by atoms with Crippen LogP contribution in [0, 0.1) is 4.06 Å². The number of para-hydroxylation sites is 1. The van der Waals surface area contributed by atoms with Gasteiger partial charge in [-0.1, -0.05) is 0 Å². The van der Waals surface area contributed by atoms with E-state index >= 15 is 0 Å². The van der Waals surface area contributed by atoms with Gasteiger partial charge in [0.2, 0.25) is 0 Å². The Hall–Kier alpha value is -1.57. The Morgan fingerprint density at radius 1 is 0.875 bits per heavy atom. The Morgan fingerprint density at radius 2 is 1.56 bits per heavy atom. The molecule has 3 heteroatoms. The van der Waals surface area contributed by atoms with Crippen LogP contribution in [0.1, 0.15) is 0 Å². The van der Waals surface area contributed by atoms with E-state index in [9.17, 15) is 3.83 Å². The van der Waals surface area contributed by atoms with E-state index in [4.69, 9.17) is 0 Å². The molecule has 0 bridgehead atoms. The summed E-state index contributed by atoms with van der Waals surface area (Å²) >= 11 is -2.33. The zero-order chi connectivity index (χ0) is 11.0. The molecule has 0 saturated heterocycles. The van der Waals surface area contributed by atoms with Crippen molar-refractivity contribution in [2.24, 2.45) is 0 Å². The van der Waals surface area contributed by atoms with Crippen molar-refractivity contribution in [2.75, 3.05) is 3.92 Å². The molecular formula is C13H11NOSe. The average Bonchev–Trinajstić information content (AvgIpc) is 2.69. The Labute approximate surface area is 97.3 Å². The van der Waals surface area contributed by atoms with Crippen molar-refractivity contribution in [1.29, 1.82) is 0 Å². The molecule has 0 fully saturated rings. The summed E-state index contributed by atoms with van der Waals surface area (Å²) in [7, 11) is 0. The summed E-state index contributed by atoms with van der Waals surface area (Å²) in [5, 5.41) is 1.08. The Kier molecular flexibility index (Phi) is 2.28. The first-order chi connectivity index (χ1) is 7.86. The van der Waals surface area contributed by atoms with Crippen LogP contribution in [0.2, 0.25) is 0 Å². The van der Waals surface area contributed by atoms with Gasteiger partial charge in [0.25, 0.3) is 0 Å². The fourth-order valence-corrected chi connectivity index (χ4v) is 4.71. The monoisotopic (exact) mass is 277 g/mol. The molecule has 0 saturated carbocycles. The summed E-state index contributed by atoms with van der Waals surface area (Å²) in [5.41, 5.74) is 1.01. The zero-order valence-corrected chi connectivity index (χ0v) is 10.5. The predicted molar refractivity (Wildman–Crippen MR) is 66.1 cm³/mol. The number of rotatable bonds is 1. The van der Waals surface area contributed by atoms with Gasteiger partial charge in [-0.05, 0) is 0 Å². The Bertz CT molecular complexity index is 687. The van der Waals surface area contributed by atoms with Crippen LogP contribution in [0.15, 0.2) is 54.6 Å². The van der Waals surface area contributed by atoms with Crippen molar-refractivity contribution in [3.05, 3.63) is 63.9 Å². The van der Waals surface area contributed by atoms with Crippen LogP contribution in [0.4, 0.5) is 5.69 Å². The third-order valence-corrected chi connectivity index (χ3v) is 5.89. The van der Waals surface area contributed by atoms with Crippen LogP contribution in [-0.4, -0.2) is 13.6 Å². The Morgan fingerprint density at radius 3 is 2.31 bits per heavy atom. The molecular weight excluding hydrogens is 265 g/mol. The normalized spacial score (nSPS) is 18.0. The second kappa shape index (κ2) is 3.78. The van der Waals surface area contributed by atoms with E-state index in [-0.39, 0.29) is 0 Å². The van der Waals surface area contributed by atoms with Gasteiger partial charge in [-0.25, -0.2) is 0 Å². The van der Waals surface area contributed by atoms with Crippen molar-refractivity contribution < 1.29 is 3.83 Å². The van der Waals surface area contributed by atoms with Gasteiger partial charge in [-0.15, -0.1) is 0 Å². The summed E-state index contributed by atoms with van der Waals surface area (Å²) in [6, 6.07) is 17.8. The number of fused-ring (bicyclic) bond motifs is 1. The molecule has 0 spiro atoms. The van der Waals surface area contributed by atoms with Crippen molar-refractivity contribution in [3.63, 3.8) is 0 Å². The number of hydrogen-bond donors (Lipinski definition) is 0. The molecule has 0 radical (unpaired) electrons. The van der Waals surface area contributed by atoms with Gasteiger partial charge in [-0.2, -0.15) is 0 Å². The van der Waals surface area contributed by atoms with Crippen molar-refractivity contribution in [3.8, 4) is 0 Å². The van der Waals surface area contributed by atoms with E-state index < -0.39 is 13.6 Å². The van der Waals surface area contributed by atoms with Gasteiger partial charge >= 0.3 is 97.1 Å². The first kappa shape index (κ1) is 9.64. The molecule has 0 aromatic heterocycles. The molecule has 0 aliphatic carbocycles. The van der Waals surface area contributed by atoms with Crippen LogP contribution < -0.4 is 9.13 Å². The molecule has 0 N–H and O–H groups in total. The molecule has 1 unspecified atom stereocenters. The van der Waals surface area contributed by atoms with E-state index in [0.717, 1.165) is 15.0 Å². The van der Waals surface area contributed by atoms with Crippen LogP contribution >= 0.6 is 0 Å². The molecule has 1 atom stereocenters. The molecule has 16 heavy (non-hydrogen) atoms. The van der Waals surface area contributed by atoms with Gasteiger partial charge < -0.3 is 0 Å². The summed E-state index contributed by atoms with van der Waals surface area (Å²) < 4.78 is 15.2. The summed E-state index contributed by atoms with van der Waals surface area (Å²) in [5.74, 6) is 0. The minimum absolute atomic E-state index is 0.999. The van der Waals surface area contributed by atoms with Crippen molar-refractivity contribution >= 4 is 25.5 Å². The van der Waals surface area contributed by atoms with Crippen molar-refractivity contribution in [2.45, 2.75) is 0 Å². The first-order valence-corrected chi connectivity index (χ1v) is 7.66. The van der Waals surface area contributed by atoms with E-state index in [0.29, 0.717) is 0 Å². The first-order valence-electron chi connectivity index (χ1n) is 5.11. The summed E-state index contributed by atoms with van der Waals surface area (Å²) in [6.45, 7) is 0. The van der Waals surface area contributed by atoms with E-state index in [1.54, 1.807) is 0 Å². The summed E-state index contributed by atoms with van der Waals surface area (Å²) in [4.78, 5) is 0. The zero-order valence-electron chi connectivity index (χ0n) is 8.58. The van der Waals surface area contributed by atoms with Crippen LogP contribution in [0.5, 0.6) is 0 Å². The van der Waals surface area contributed by atoms with Crippen LogP contribution in [-0.2, 0) is 3.83 Å². The third-order valence-electron chi connectivity index (χ3n) is 2.62. The van der Waals surface area contributed by atoms with E-state index in [2.05, 4.69) is 0 Å². The second-order valence-corrected chi connectivity index (χ2v) is 6.70. The molecule has 0 amide bonds. The van der Waals surface area contributed by atoms with Crippen LogP contribution in [0.25, 0.3) is 6.20 Å². The molecule has 2 aromatic rings. The van der Waals surface area contributed by atoms with Crippen molar-refractivity contribution in [1.82, 2.24) is 0 Å². The van der Waals surface area contributed by atoms with Gasteiger partial charge in [0.1, 0.15) is 0 Å². The molecule has 1 aliphatic rings. The number of benzene rings is 2. The number of hydrogen-bond acceptors (Lipinski definition) is 1. The number of anilines is 1. The molecule has 2 aromatic carbocycles. The average molecular weight is 276 g/mol. The SMILES string of the molecule is O=[SeH]1=c2ccccc2=CN1c1ccccc1. The van der Waals surface area contributed by atoms with E-state index in [1.807, 2.05) is 64.7 Å². The molecule has 80 valence electrons. The fraction of sp³-hybridized carbons (Fsp3) is 0. The third kappa shape index (κ3) is 1.45. The maximum atomic E-state index is 12.3. The van der Waals surface area contributed by atoms with Gasteiger partial charge in [0.15, 0.2) is 0 Å². The quantitative estimate of drug-likeness (QED) is 0.734. The standard InChI is InChI=1S/C13H11NOSe/c15-16-13-9-5-4-6-11(13)10-14(16)12-7-2-1-3-8-12/h1-10,16H.